The molecule has 0 aliphatic heterocycles. The molecule has 2 aromatic rings. The summed E-state index contributed by atoms with van der Waals surface area (Å²) in [6.45, 7) is 2.21. The molecule has 0 spiro atoms. The predicted molar refractivity (Wildman–Crippen MR) is 85.9 cm³/mol. The van der Waals surface area contributed by atoms with Gasteiger partial charge in [0.1, 0.15) is 0 Å². The number of rotatable bonds is 6. The molecule has 1 aliphatic carbocycles. The number of thiophene rings is 2. The van der Waals surface area contributed by atoms with Crippen LogP contribution >= 0.6 is 22.7 Å². The largest absolute Gasteiger partial charge is 0.312 e. The second kappa shape index (κ2) is 6.69. The van der Waals surface area contributed by atoms with Gasteiger partial charge in [0, 0.05) is 21.9 Å². The van der Waals surface area contributed by atoms with Crippen LogP contribution in [0.4, 0.5) is 0 Å². The van der Waals surface area contributed by atoms with Crippen LogP contribution in [0, 0.1) is 5.92 Å². The Hall–Kier alpha value is -0.640. The first-order valence-corrected chi connectivity index (χ1v) is 9.00. The van der Waals surface area contributed by atoms with Gasteiger partial charge in [-0.25, -0.2) is 0 Å². The second-order valence-electron chi connectivity index (χ2n) is 5.39. The topological polar surface area (TPSA) is 12.0 Å². The van der Waals surface area contributed by atoms with Crippen molar-refractivity contribution in [1.82, 2.24) is 5.32 Å². The van der Waals surface area contributed by atoms with Crippen molar-refractivity contribution in [3.8, 4) is 10.4 Å². The predicted octanol–water partition coefficient (Wildman–Crippen LogP) is 5.15. The SMILES string of the molecule is c1csc(-c2csc(CNCCC3CCCC3)c2)c1. The summed E-state index contributed by atoms with van der Waals surface area (Å²) in [5.41, 5.74) is 1.38. The van der Waals surface area contributed by atoms with E-state index in [2.05, 4.69) is 34.3 Å². The summed E-state index contributed by atoms with van der Waals surface area (Å²) >= 11 is 3.70. The molecule has 1 nitrogen and oxygen atoms in total. The molecule has 2 heterocycles. The van der Waals surface area contributed by atoms with E-state index in [4.69, 9.17) is 0 Å². The van der Waals surface area contributed by atoms with Gasteiger partial charge in [-0.15, -0.1) is 22.7 Å². The summed E-state index contributed by atoms with van der Waals surface area (Å²) in [4.78, 5) is 2.84. The zero-order valence-corrected chi connectivity index (χ0v) is 12.9. The third-order valence-corrected chi connectivity index (χ3v) is 5.82. The maximum absolute atomic E-state index is 3.60. The van der Waals surface area contributed by atoms with E-state index in [9.17, 15) is 0 Å². The maximum Gasteiger partial charge on any atom is 0.0351 e. The third-order valence-electron chi connectivity index (χ3n) is 3.96. The molecule has 1 aliphatic rings. The molecule has 0 unspecified atom stereocenters. The lowest BCUT2D eigenvalue weighted by Gasteiger charge is -2.08. The van der Waals surface area contributed by atoms with Gasteiger partial charge in [-0.3, -0.25) is 0 Å². The van der Waals surface area contributed by atoms with Gasteiger partial charge in [-0.1, -0.05) is 31.7 Å². The van der Waals surface area contributed by atoms with E-state index in [1.54, 1.807) is 0 Å². The number of hydrogen-bond donors (Lipinski definition) is 1. The van der Waals surface area contributed by atoms with Gasteiger partial charge < -0.3 is 5.32 Å². The fourth-order valence-corrected chi connectivity index (χ4v) is 4.51. The van der Waals surface area contributed by atoms with E-state index >= 15 is 0 Å². The molecule has 0 atom stereocenters. The normalized spacial score (nSPS) is 16.2. The van der Waals surface area contributed by atoms with Crippen LogP contribution in [0.1, 0.15) is 37.0 Å². The van der Waals surface area contributed by atoms with E-state index < -0.39 is 0 Å². The molecule has 1 N–H and O–H groups in total. The van der Waals surface area contributed by atoms with E-state index in [1.165, 1.54) is 54.0 Å². The van der Waals surface area contributed by atoms with Crippen molar-refractivity contribution >= 4 is 22.7 Å². The fourth-order valence-electron chi connectivity index (χ4n) is 2.86. The average molecular weight is 291 g/mol. The van der Waals surface area contributed by atoms with Crippen LogP contribution in [0.25, 0.3) is 10.4 Å². The highest BCUT2D eigenvalue weighted by Crippen LogP contribution is 2.29. The summed E-state index contributed by atoms with van der Waals surface area (Å²) in [7, 11) is 0. The summed E-state index contributed by atoms with van der Waals surface area (Å²) in [5, 5.41) is 8.02. The van der Waals surface area contributed by atoms with Crippen LogP contribution in [0.2, 0.25) is 0 Å². The first-order valence-electron chi connectivity index (χ1n) is 7.24. The number of hydrogen-bond acceptors (Lipinski definition) is 3. The molecule has 0 amide bonds. The van der Waals surface area contributed by atoms with E-state index in [0.29, 0.717) is 0 Å². The molecule has 3 heteroatoms. The van der Waals surface area contributed by atoms with Crippen LogP contribution in [0.15, 0.2) is 29.0 Å². The highest BCUT2D eigenvalue weighted by molar-refractivity contribution is 7.14. The molecule has 102 valence electrons. The minimum absolute atomic E-state index is 0.998. The van der Waals surface area contributed by atoms with E-state index in [-0.39, 0.29) is 0 Å². The molecule has 1 saturated carbocycles. The smallest absolute Gasteiger partial charge is 0.0351 e. The van der Waals surface area contributed by atoms with E-state index in [1.807, 2.05) is 22.7 Å². The van der Waals surface area contributed by atoms with Crippen molar-refractivity contribution in [3.05, 3.63) is 33.8 Å². The molecule has 0 aromatic carbocycles. The first kappa shape index (κ1) is 13.3. The molecular weight excluding hydrogens is 270 g/mol. The molecule has 0 saturated heterocycles. The van der Waals surface area contributed by atoms with Gasteiger partial charge in [-0.05, 0) is 41.8 Å². The Bertz CT molecular complexity index is 481. The quantitative estimate of drug-likeness (QED) is 0.726. The van der Waals surface area contributed by atoms with Crippen molar-refractivity contribution in [2.24, 2.45) is 5.92 Å². The fraction of sp³-hybridized carbons (Fsp3) is 0.500. The lowest BCUT2D eigenvalue weighted by Crippen LogP contribution is -2.16. The van der Waals surface area contributed by atoms with Gasteiger partial charge in [0.15, 0.2) is 0 Å². The van der Waals surface area contributed by atoms with Crippen LogP contribution in [-0.2, 0) is 6.54 Å². The van der Waals surface area contributed by atoms with Gasteiger partial charge in [-0.2, -0.15) is 0 Å². The van der Waals surface area contributed by atoms with Crippen molar-refractivity contribution in [3.63, 3.8) is 0 Å². The molecule has 0 bridgehead atoms. The zero-order chi connectivity index (χ0) is 12.9. The Morgan fingerprint density at radius 3 is 2.89 bits per heavy atom. The first-order chi connectivity index (χ1) is 9.42. The van der Waals surface area contributed by atoms with Crippen LogP contribution in [0.5, 0.6) is 0 Å². The van der Waals surface area contributed by atoms with E-state index in [0.717, 1.165) is 12.5 Å². The molecular formula is C16H21NS2. The lowest BCUT2D eigenvalue weighted by molar-refractivity contribution is 0.478. The second-order valence-corrected chi connectivity index (χ2v) is 7.34. The molecule has 0 radical (unpaired) electrons. The summed E-state index contributed by atoms with van der Waals surface area (Å²) in [6.07, 6.45) is 7.20. The average Bonchev–Trinajstić information content (AvgIpc) is 3.15. The lowest BCUT2D eigenvalue weighted by atomic mass is 10.0. The van der Waals surface area contributed by atoms with Gasteiger partial charge in [0.25, 0.3) is 0 Å². The summed E-state index contributed by atoms with van der Waals surface area (Å²) in [6, 6.07) is 6.65. The van der Waals surface area contributed by atoms with Gasteiger partial charge in [0.05, 0.1) is 0 Å². The monoisotopic (exact) mass is 291 g/mol. The Morgan fingerprint density at radius 2 is 2.11 bits per heavy atom. The Balaban J connectivity index is 1.43. The number of nitrogens with one attached hydrogen (secondary N) is 1. The maximum atomic E-state index is 3.60. The van der Waals surface area contributed by atoms with Crippen LogP contribution < -0.4 is 5.32 Å². The van der Waals surface area contributed by atoms with Gasteiger partial charge >= 0.3 is 0 Å². The zero-order valence-electron chi connectivity index (χ0n) is 11.2. The summed E-state index contributed by atoms with van der Waals surface area (Å²) in [5.74, 6) is 0.998. The molecule has 3 rings (SSSR count). The minimum Gasteiger partial charge on any atom is -0.312 e. The Morgan fingerprint density at radius 1 is 1.21 bits per heavy atom. The van der Waals surface area contributed by atoms with Crippen molar-refractivity contribution in [1.29, 1.82) is 0 Å². The van der Waals surface area contributed by atoms with Crippen LogP contribution in [-0.4, -0.2) is 6.54 Å². The highest BCUT2D eigenvalue weighted by atomic mass is 32.1. The third kappa shape index (κ3) is 3.68. The van der Waals surface area contributed by atoms with Crippen molar-refractivity contribution < 1.29 is 0 Å². The van der Waals surface area contributed by atoms with Gasteiger partial charge in [0.2, 0.25) is 0 Å². The standard InChI is InChI=1S/C16H21NS2/c1-2-5-13(4-1)7-8-17-11-15-10-14(12-19-15)16-6-3-9-18-16/h3,6,9-10,12-13,17H,1-2,4-5,7-8,11H2. The molecule has 1 fully saturated rings. The highest BCUT2D eigenvalue weighted by Gasteiger charge is 2.13. The minimum atomic E-state index is 0.998. The Labute approximate surface area is 123 Å². The summed E-state index contributed by atoms with van der Waals surface area (Å²) < 4.78 is 0. The van der Waals surface area contributed by atoms with Crippen molar-refractivity contribution in [2.75, 3.05) is 6.54 Å². The van der Waals surface area contributed by atoms with Crippen LogP contribution in [0.3, 0.4) is 0 Å². The Kier molecular flexibility index (Phi) is 4.70. The molecule has 2 aromatic heterocycles. The van der Waals surface area contributed by atoms with Crippen molar-refractivity contribution in [2.45, 2.75) is 38.6 Å². The molecule has 19 heavy (non-hydrogen) atoms.